The summed E-state index contributed by atoms with van der Waals surface area (Å²) in [6, 6.07) is 0. The Hall–Kier alpha value is -0.730. The molecule has 3 aliphatic carbocycles. The SMILES string of the molecule is CO[C@H]1O[C@@H](OC)[C@@]2(O)CC[C@@H]3[C@@]4(C)CCC[C@](C)(C(=O)O)[C@H]4CC[C@@]3(C)[C@]12O. The number of aliphatic carboxylic acids is 1. The molecule has 0 unspecified atom stereocenters. The third kappa shape index (κ3) is 2.29. The summed E-state index contributed by atoms with van der Waals surface area (Å²) in [5.74, 6) is -0.632. The van der Waals surface area contributed by atoms with E-state index in [2.05, 4.69) is 6.92 Å². The molecule has 1 aliphatic heterocycles. The summed E-state index contributed by atoms with van der Waals surface area (Å²) in [4.78, 5) is 12.2. The lowest BCUT2D eigenvalue weighted by molar-refractivity contribution is -0.318. The highest BCUT2D eigenvalue weighted by Gasteiger charge is 2.79. The molecule has 29 heavy (non-hydrogen) atoms. The van der Waals surface area contributed by atoms with E-state index in [0.29, 0.717) is 32.1 Å². The Kier molecular flexibility index (Phi) is 4.74. The number of carbonyl (C=O) groups is 1. The molecule has 0 aromatic carbocycles. The number of hydrogen-bond acceptors (Lipinski definition) is 6. The van der Waals surface area contributed by atoms with Crippen LogP contribution in [0.5, 0.6) is 0 Å². The maximum Gasteiger partial charge on any atom is 0.309 e. The van der Waals surface area contributed by atoms with Crippen LogP contribution in [-0.2, 0) is 19.0 Å². The van der Waals surface area contributed by atoms with E-state index in [1.54, 1.807) is 0 Å². The van der Waals surface area contributed by atoms with E-state index in [1.807, 2.05) is 13.8 Å². The summed E-state index contributed by atoms with van der Waals surface area (Å²) in [6.07, 6.45) is 2.84. The van der Waals surface area contributed by atoms with Crippen LogP contribution in [0.1, 0.15) is 65.7 Å². The first kappa shape index (κ1) is 21.5. The smallest absolute Gasteiger partial charge is 0.309 e. The number of hydrogen-bond donors (Lipinski definition) is 3. The van der Waals surface area contributed by atoms with Gasteiger partial charge in [-0.05, 0) is 62.7 Å². The Bertz CT molecular complexity index is 699. The van der Waals surface area contributed by atoms with Crippen molar-refractivity contribution in [3.05, 3.63) is 0 Å². The van der Waals surface area contributed by atoms with Crippen LogP contribution in [0.2, 0.25) is 0 Å². The average molecular weight is 413 g/mol. The molecule has 0 bridgehead atoms. The zero-order valence-corrected chi connectivity index (χ0v) is 18.2. The van der Waals surface area contributed by atoms with Crippen molar-refractivity contribution < 1.29 is 34.3 Å². The topological polar surface area (TPSA) is 105 Å². The van der Waals surface area contributed by atoms with Crippen molar-refractivity contribution in [2.24, 2.45) is 28.1 Å². The van der Waals surface area contributed by atoms with E-state index < -0.39 is 40.6 Å². The minimum Gasteiger partial charge on any atom is -0.481 e. The number of rotatable bonds is 3. The van der Waals surface area contributed by atoms with Gasteiger partial charge in [0.2, 0.25) is 0 Å². The Balaban J connectivity index is 1.82. The fourth-order valence-electron chi connectivity index (χ4n) is 8.30. The van der Waals surface area contributed by atoms with E-state index in [-0.39, 0.29) is 17.3 Å². The van der Waals surface area contributed by atoms with Crippen molar-refractivity contribution in [1.29, 1.82) is 0 Å². The molecule has 1 heterocycles. The fourth-order valence-corrected chi connectivity index (χ4v) is 8.30. The molecule has 3 saturated carbocycles. The number of carboxylic acids is 1. The van der Waals surface area contributed by atoms with E-state index in [4.69, 9.17) is 14.2 Å². The van der Waals surface area contributed by atoms with Crippen LogP contribution in [0.15, 0.2) is 0 Å². The number of carboxylic acid groups (broad SMARTS) is 1. The lowest BCUT2D eigenvalue weighted by atomic mass is 9.37. The molecule has 166 valence electrons. The lowest BCUT2D eigenvalue weighted by Gasteiger charge is -2.68. The predicted octanol–water partition coefficient (Wildman–Crippen LogP) is 2.53. The quantitative estimate of drug-likeness (QED) is 0.654. The van der Waals surface area contributed by atoms with E-state index in [9.17, 15) is 20.1 Å². The van der Waals surface area contributed by atoms with Crippen molar-refractivity contribution in [2.45, 2.75) is 89.5 Å². The largest absolute Gasteiger partial charge is 0.481 e. The van der Waals surface area contributed by atoms with Gasteiger partial charge in [-0.15, -0.1) is 0 Å². The molecule has 1 saturated heterocycles. The van der Waals surface area contributed by atoms with Gasteiger partial charge < -0.3 is 29.5 Å². The van der Waals surface area contributed by atoms with Crippen molar-refractivity contribution in [3.63, 3.8) is 0 Å². The summed E-state index contributed by atoms with van der Waals surface area (Å²) in [7, 11) is 2.94. The summed E-state index contributed by atoms with van der Waals surface area (Å²) in [5.41, 5.74) is -4.88. The van der Waals surface area contributed by atoms with Crippen LogP contribution >= 0.6 is 0 Å². The van der Waals surface area contributed by atoms with Crippen molar-refractivity contribution in [1.82, 2.24) is 0 Å². The Morgan fingerprint density at radius 2 is 1.55 bits per heavy atom. The summed E-state index contributed by atoms with van der Waals surface area (Å²) in [6.45, 7) is 6.13. The molecule has 4 rings (SSSR count). The molecule has 0 amide bonds. The first-order valence-corrected chi connectivity index (χ1v) is 10.8. The van der Waals surface area contributed by atoms with Gasteiger partial charge in [-0.3, -0.25) is 4.79 Å². The van der Waals surface area contributed by atoms with E-state index in [1.165, 1.54) is 14.2 Å². The van der Waals surface area contributed by atoms with Crippen LogP contribution < -0.4 is 0 Å². The van der Waals surface area contributed by atoms with Crippen molar-refractivity contribution in [2.75, 3.05) is 14.2 Å². The summed E-state index contributed by atoms with van der Waals surface area (Å²) >= 11 is 0. The second-order valence-electron chi connectivity index (χ2n) is 10.6. The van der Waals surface area contributed by atoms with Gasteiger partial charge in [0.15, 0.2) is 18.2 Å². The van der Waals surface area contributed by atoms with Crippen LogP contribution in [0, 0.1) is 28.1 Å². The first-order valence-electron chi connectivity index (χ1n) is 10.8. The molecule has 0 aromatic rings. The number of aliphatic hydroxyl groups is 2. The standard InChI is InChI=1S/C22H36O7/c1-18-9-6-10-19(2,15(23)24)13(18)7-11-20(3)14(18)8-12-21(25)16(27-4)29-17(28-5)22(20,21)26/h13-14,16-17,25-26H,6-12H2,1-5H3,(H,23,24)/t13-,14+,16+,17-,18-,19-,20+,21-,22+/m0/s1. The Morgan fingerprint density at radius 1 is 0.931 bits per heavy atom. The highest BCUT2D eigenvalue weighted by Crippen LogP contribution is 2.72. The maximum atomic E-state index is 12.2. The molecule has 9 atom stereocenters. The number of methoxy groups -OCH3 is 2. The van der Waals surface area contributed by atoms with E-state index >= 15 is 0 Å². The highest BCUT2D eigenvalue weighted by molar-refractivity contribution is 5.75. The monoisotopic (exact) mass is 412 g/mol. The predicted molar refractivity (Wildman–Crippen MR) is 104 cm³/mol. The minimum absolute atomic E-state index is 0.0376. The minimum atomic E-state index is -1.64. The van der Waals surface area contributed by atoms with Gasteiger partial charge >= 0.3 is 5.97 Å². The molecule has 7 heteroatoms. The van der Waals surface area contributed by atoms with Gasteiger partial charge in [0.1, 0.15) is 5.60 Å². The zero-order valence-electron chi connectivity index (χ0n) is 18.2. The van der Waals surface area contributed by atoms with Gasteiger partial charge in [-0.25, -0.2) is 0 Å². The molecular formula is C22H36O7. The van der Waals surface area contributed by atoms with Crippen LogP contribution in [0.25, 0.3) is 0 Å². The van der Waals surface area contributed by atoms with Crippen molar-refractivity contribution >= 4 is 5.97 Å². The maximum absolute atomic E-state index is 12.2. The summed E-state index contributed by atoms with van der Waals surface area (Å²) < 4.78 is 16.8. The average Bonchev–Trinajstić information content (AvgIpc) is 2.89. The van der Waals surface area contributed by atoms with Crippen LogP contribution in [-0.4, -0.2) is 59.3 Å². The first-order chi connectivity index (χ1) is 13.5. The van der Waals surface area contributed by atoms with Gasteiger partial charge in [-0.1, -0.05) is 20.3 Å². The third-order valence-electron chi connectivity index (χ3n) is 9.73. The van der Waals surface area contributed by atoms with Crippen LogP contribution in [0.4, 0.5) is 0 Å². The second kappa shape index (κ2) is 6.39. The van der Waals surface area contributed by atoms with Crippen LogP contribution in [0.3, 0.4) is 0 Å². The van der Waals surface area contributed by atoms with Gasteiger partial charge in [0.25, 0.3) is 0 Å². The lowest BCUT2D eigenvalue weighted by Crippen LogP contribution is -2.75. The van der Waals surface area contributed by atoms with Gasteiger partial charge in [-0.2, -0.15) is 0 Å². The number of fused-ring (bicyclic) bond motifs is 5. The molecule has 4 aliphatic rings. The fraction of sp³-hybridized carbons (Fsp3) is 0.955. The van der Waals surface area contributed by atoms with Crippen molar-refractivity contribution in [3.8, 4) is 0 Å². The molecular weight excluding hydrogens is 376 g/mol. The molecule has 0 radical (unpaired) electrons. The highest BCUT2D eigenvalue weighted by atomic mass is 16.8. The molecule has 7 nitrogen and oxygen atoms in total. The molecule has 3 N–H and O–H groups in total. The van der Waals surface area contributed by atoms with Gasteiger partial charge in [0.05, 0.1) is 5.41 Å². The molecule has 0 spiro atoms. The second-order valence-corrected chi connectivity index (χ2v) is 10.6. The zero-order chi connectivity index (χ0) is 21.5. The summed E-state index contributed by atoms with van der Waals surface area (Å²) in [5, 5.41) is 33.8. The van der Waals surface area contributed by atoms with Gasteiger partial charge in [0, 0.05) is 19.6 Å². The molecule has 0 aromatic heterocycles. The third-order valence-corrected chi connectivity index (χ3v) is 9.73. The molecule has 4 fully saturated rings. The Labute approximate surface area is 172 Å². The Morgan fingerprint density at radius 3 is 2.14 bits per heavy atom. The number of ether oxygens (including phenoxy) is 3. The van der Waals surface area contributed by atoms with E-state index in [0.717, 1.165) is 12.8 Å². The normalized spacial score (nSPS) is 56.9.